The van der Waals surface area contributed by atoms with Crippen molar-refractivity contribution in [1.82, 2.24) is 15.1 Å². The molecule has 22 heavy (non-hydrogen) atoms. The van der Waals surface area contributed by atoms with E-state index in [9.17, 15) is 4.79 Å². The van der Waals surface area contributed by atoms with Crippen molar-refractivity contribution in [2.24, 2.45) is 0 Å². The van der Waals surface area contributed by atoms with Crippen LogP contribution in [-0.2, 0) is 0 Å². The summed E-state index contributed by atoms with van der Waals surface area (Å²) in [6.45, 7) is 8.83. The van der Waals surface area contributed by atoms with Crippen LogP contribution in [0.3, 0.4) is 0 Å². The lowest BCUT2D eigenvalue weighted by molar-refractivity contribution is 0.141. The second-order valence-electron chi connectivity index (χ2n) is 6.14. The second kappa shape index (κ2) is 7.01. The summed E-state index contributed by atoms with van der Waals surface area (Å²) in [6.07, 6.45) is 1.02. The fourth-order valence-corrected chi connectivity index (χ4v) is 3.28. The molecule has 0 radical (unpaired) electrons. The Labute approximate surface area is 132 Å². The first-order valence-corrected chi connectivity index (χ1v) is 8.34. The van der Waals surface area contributed by atoms with Crippen LogP contribution < -0.4 is 10.2 Å². The molecular weight excluding hydrogens is 276 g/mol. The Balaban J connectivity index is 1.47. The topological polar surface area (TPSA) is 38.8 Å². The zero-order valence-electron chi connectivity index (χ0n) is 13.4. The number of anilines is 1. The number of rotatable bonds is 3. The molecule has 3 rings (SSSR count). The molecule has 2 fully saturated rings. The average Bonchev–Trinajstić information content (AvgIpc) is 3.04. The maximum atomic E-state index is 12.4. The van der Waals surface area contributed by atoms with Gasteiger partial charge in [0.05, 0.1) is 0 Å². The van der Waals surface area contributed by atoms with E-state index < -0.39 is 0 Å². The van der Waals surface area contributed by atoms with Gasteiger partial charge in [-0.3, -0.25) is 0 Å². The van der Waals surface area contributed by atoms with Gasteiger partial charge in [-0.1, -0.05) is 25.1 Å². The molecule has 2 saturated heterocycles. The lowest BCUT2D eigenvalue weighted by Gasteiger charge is -2.34. The van der Waals surface area contributed by atoms with Gasteiger partial charge in [-0.25, -0.2) is 4.79 Å². The molecule has 2 heterocycles. The van der Waals surface area contributed by atoms with Gasteiger partial charge in [0, 0.05) is 51.0 Å². The first-order chi connectivity index (χ1) is 10.8. The van der Waals surface area contributed by atoms with Crippen molar-refractivity contribution in [2.75, 3.05) is 50.7 Å². The van der Waals surface area contributed by atoms with Gasteiger partial charge in [-0.15, -0.1) is 0 Å². The first-order valence-electron chi connectivity index (χ1n) is 8.34. The summed E-state index contributed by atoms with van der Waals surface area (Å²) in [5, 5.41) is 3.21. The van der Waals surface area contributed by atoms with Crippen LogP contribution >= 0.6 is 0 Å². The number of piperazine rings is 1. The van der Waals surface area contributed by atoms with Gasteiger partial charge in [0.1, 0.15) is 0 Å². The minimum absolute atomic E-state index is 0.107. The van der Waals surface area contributed by atoms with Crippen molar-refractivity contribution < 1.29 is 4.79 Å². The van der Waals surface area contributed by atoms with E-state index in [-0.39, 0.29) is 12.1 Å². The zero-order chi connectivity index (χ0) is 15.4. The van der Waals surface area contributed by atoms with Crippen molar-refractivity contribution in [1.29, 1.82) is 0 Å². The van der Waals surface area contributed by atoms with E-state index in [0.717, 1.165) is 52.2 Å². The highest BCUT2D eigenvalue weighted by Gasteiger charge is 2.27. The van der Waals surface area contributed by atoms with E-state index in [2.05, 4.69) is 46.3 Å². The van der Waals surface area contributed by atoms with Crippen LogP contribution in [0.5, 0.6) is 0 Å². The smallest absolute Gasteiger partial charge is 0.317 e. The summed E-state index contributed by atoms with van der Waals surface area (Å²) in [4.78, 5) is 19.1. The number of para-hydroxylation sites is 1. The van der Waals surface area contributed by atoms with Gasteiger partial charge in [0.15, 0.2) is 0 Å². The fraction of sp³-hybridized carbons (Fsp3) is 0.588. The lowest BCUT2D eigenvalue weighted by Crippen LogP contribution is -2.53. The number of nitrogens with zero attached hydrogens (tertiary/aromatic N) is 3. The quantitative estimate of drug-likeness (QED) is 0.922. The van der Waals surface area contributed by atoms with E-state index in [0.29, 0.717) is 0 Å². The molecule has 2 amide bonds. The van der Waals surface area contributed by atoms with E-state index in [4.69, 9.17) is 0 Å². The molecule has 0 saturated carbocycles. The standard InChI is InChI=1S/C17H26N4O/c1-2-19-10-12-20(13-11-19)17(22)18-15-8-9-21(14-15)16-6-4-3-5-7-16/h3-7,15H,2,8-14H2,1H3,(H,18,22). The van der Waals surface area contributed by atoms with Crippen molar-refractivity contribution in [2.45, 2.75) is 19.4 Å². The minimum atomic E-state index is 0.107. The molecule has 1 N–H and O–H groups in total. The van der Waals surface area contributed by atoms with E-state index in [1.54, 1.807) is 0 Å². The van der Waals surface area contributed by atoms with Gasteiger partial charge >= 0.3 is 6.03 Å². The van der Waals surface area contributed by atoms with Crippen LogP contribution in [0.1, 0.15) is 13.3 Å². The summed E-state index contributed by atoms with van der Waals surface area (Å²) in [6, 6.07) is 10.8. The highest BCUT2D eigenvalue weighted by molar-refractivity contribution is 5.75. The monoisotopic (exact) mass is 302 g/mol. The van der Waals surface area contributed by atoms with Crippen LogP contribution in [-0.4, -0.2) is 67.7 Å². The summed E-state index contributed by atoms with van der Waals surface area (Å²) in [5.41, 5.74) is 1.25. The molecule has 0 aromatic heterocycles. The Morgan fingerprint density at radius 3 is 2.55 bits per heavy atom. The predicted octanol–water partition coefficient (Wildman–Crippen LogP) is 1.61. The summed E-state index contributed by atoms with van der Waals surface area (Å²) in [7, 11) is 0. The maximum Gasteiger partial charge on any atom is 0.317 e. The Hall–Kier alpha value is -1.75. The van der Waals surface area contributed by atoms with E-state index in [1.165, 1.54) is 5.69 Å². The number of carbonyl (C=O) groups excluding carboxylic acids is 1. The molecule has 120 valence electrons. The number of nitrogens with one attached hydrogen (secondary N) is 1. The fourth-order valence-electron chi connectivity index (χ4n) is 3.28. The predicted molar refractivity (Wildman–Crippen MR) is 89.3 cm³/mol. The Bertz CT molecular complexity index is 485. The number of carbonyl (C=O) groups is 1. The zero-order valence-corrected chi connectivity index (χ0v) is 13.4. The molecule has 0 spiro atoms. The van der Waals surface area contributed by atoms with Crippen molar-refractivity contribution in [3.63, 3.8) is 0 Å². The number of hydrogen-bond donors (Lipinski definition) is 1. The Kier molecular flexibility index (Phi) is 4.83. The highest BCUT2D eigenvalue weighted by Crippen LogP contribution is 2.19. The third-order valence-corrected chi connectivity index (χ3v) is 4.74. The van der Waals surface area contributed by atoms with Crippen molar-refractivity contribution >= 4 is 11.7 Å². The lowest BCUT2D eigenvalue weighted by atomic mass is 10.2. The Morgan fingerprint density at radius 1 is 1.14 bits per heavy atom. The van der Waals surface area contributed by atoms with Gasteiger partial charge in [-0.05, 0) is 25.1 Å². The maximum absolute atomic E-state index is 12.4. The number of urea groups is 1. The van der Waals surface area contributed by atoms with E-state index in [1.807, 2.05) is 11.0 Å². The molecule has 0 bridgehead atoms. The van der Waals surface area contributed by atoms with Crippen LogP contribution in [0, 0.1) is 0 Å². The molecule has 0 aliphatic carbocycles. The third kappa shape index (κ3) is 3.53. The van der Waals surface area contributed by atoms with Crippen molar-refractivity contribution in [3.8, 4) is 0 Å². The van der Waals surface area contributed by atoms with Gasteiger partial charge < -0.3 is 20.0 Å². The van der Waals surface area contributed by atoms with Gasteiger partial charge in [-0.2, -0.15) is 0 Å². The minimum Gasteiger partial charge on any atom is -0.369 e. The Morgan fingerprint density at radius 2 is 1.86 bits per heavy atom. The molecular formula is C17H26N4O. The van der Waals surface area contributed by atoms with Crippen LogP contribution in [0.25, 0.3) is 0 Å². The third-order valence-electron chi connectivity index (χ3n) is 4.74. The molecule has 1 unspecified atom stereocenters. The molecule has 5 nitrogen and oxygen atoms in total. The van der Waals surface area contributed by atoms with E-state index >= 15 is 0 Å². The van der Waals surface area contributed by atoms with Crippen LogP contribution in [0.15, 0.2) is 30.3 Å². The molecule has 2 aliphatic heterocycles. The second-order valence-corrected chi connectivity index (χ2v) is 6.14. The van der Waals surface area contributed by atoms with Gasteiger partial charge in [0.25, 0.3) is 0 Å². The SMILES string of the molecule is CCN1CCN(C(=O)NC2CCN(c3ccccc3)C2)CC1. The number of benzene rings is 1. The molecule has 2 aliphatic rings. The summed E-state index contributed by atoms with van der Waals surface area (Å²) in [5.74, 6) is 0. The van der Waals surface area contributed by atoms with Gasteiger partial charge in [0.2, 0.25) is 0 Å². The summed E-state index contributed by atoms with van der Waals surface area (Å²) < 4.78 is 0. The van der Waals surface area contributed by atoms with Crippen LogP contribution in [0.4, 0.5) is 10.5 Å². The van der Waals surface area contributed by atoms with Crippen LogP contribution in [0.2, 0.25) is 0 Å². The number of likely N-dealkylation sites (N-methyl/N-ethyl adjacent to an activating group) is 1. The highest BCUT2D eigenvalue weighted by atomic mass is 16.2. The summed E-state index contributed by atoms with van der Waals surface area (Å²) >= 11 is 0. The number of amides is 2. The number of hydrogen-bond acceptors (Lipinski definition) is 3. The normalized spacial score (nSPS) is 22.9. The molecule has 1 aromatic rings. The molecule has 1 atom stereocenters. The molecule has 5 heteroatoms. The average molecular weight is 302 g/mol. The largest absolute Gasteiger partial charge is 0.369 e. The first kappa shape index (κ1) is 15.2. The van der Waals surface area contributed by atoms with Crippen molar-refractivity contribution in [3.05, 3.63) is 30.3 Å². The molecule has 1 aromatic carbocycles.